The largest absolute Gasteiger partial charge is 0.369 e. The number of anilines is 1. The molecule has 1 N–H and O–H groups in total. The van der Waals surface area contributed by atoms with Gasteiger partial charge in [-0.2, -0.15) is 0 Å². The third-order valence-electron chi connectivity index (χ3n) is 4.35. The highest BCUT2D eigenvalue weighted by atomic mass is 32.2. The number of benzene rings is 1. The lowest BCUT2D eigenvalue weighted by Crippen LogP contribution is -2.31. The van der Waals surface area contributed by atoms with Crippen LogP contribution in [0.1, 0.15) is 17.5 Å². The number of nitrogens with one attached hydrogen (secondary N) is 1. The molecule has 2 saturated heterocycles. The van der Waals surface area contributed by atoms with Crippen LogP contribution in [-0.4, -0.2) is 49.3 Å². The Morgan fingerprint density at radius 1 is 1.35 bits per heavy atom. The van der Waals surface area contributed by atoms with Gasteiger partial charge in [0.1, 0.15) is 0 Å². The highest BCUT2D eigenvalue weighted by Gasteiger charge is 2.28. The average Bonchev–Trinajstić information content (AvgIpc) is 3.08. The number of likely N-dealkylation sites (N-methyl/N-ethyl adjacent to an activating group) is 1. The highest BCUT2D eigenvalue weighted by Crippen LogP contribution is 2.32. The highest BCUT2D eigenvalue weighted by molar-refractivity contribution is 8.18. The number of amides is 2. The lowest BCUT2D eigenvalue weighted by molar-refractivity contribution is -0.115. The van der Waals surface area contributed by atoms with E-state index in [1.54, 1.807) is 0 Å². The summed E-state index contributed by atoms with van der Waals surface area (Å²) in [6.45, 7) is 4.05. The van der Waals surface area contributed by atoms with E-state index in [4.69, 9.17) is 0 Å². The fraction of sp³-hybridized carbons (Fsp3) is 0.412. The SMILES string of the molecule is Cc1ccc(/C=C2\SC(=O)NC2=O)c(N2CC[C@H](N(C)C)C2)c1. The van der Waals surface area contributed by atoms with E-state index < -0.39 is 0 Å². The first-order valence-corrected chi connectivity index (χ1v) is 8.52. The number of thioether (sulfide) groups is 1. The molecule has 2 aliphatic heterocycles. The predicted molar refractivity (Wildman–Crippen MR) is 94.6 cm³/mol. The normalized spacial score (nSPS) is 23.2. The molecule has 0 aromatic heterocycles. The van der Waals surface area contributed by atoms with E-state index in [0.29, 0.717) is 10.9 Å². The van der Waals surface area contributed by atoms with Crippen LogP contribution in [0.3, 0.4) is 0 Å². The fourth-order valence-corrected chi connectivity index (χ4v) is 3.67. The van der Waals surface area contributed by atoms with Crippen LogP contribution in [0.25, 0.3) is 6.08 Å². The first-order valence-electron chi connectivity index (χ1n) is 7.71. The topological polar surface area (TPSA) is 52.7 Å². The molecule has 0 bridgehead atoms. The first kappa shape index (κ1) is 16.1. The van der Waals surface area contributed by atoms with Gasteiger partial charge in [0.05, 0.1) is 4.91 Å². The quantitative estimate of drug-likeness (QED) is 0.862. The number of imide groups is 1. The third-order valence-corrected chi connectivity index (χ3v) is 5.16. The Kier molecular flexibility index (Phi) is 4.46. The van der Waals surface area contributed by atoms with Gasteiger partial charge in [-0.05, 0) is 62.5 Å². The van der Waals surface area contributed by atoms with Gasteiger partial charge in [0, 0.05) is 24.8 Å². The molecule has 2 amide bonds. The Balaban J connectivity index is 1.92. The summed E-state index contributed by atoms with van der Waals surface area (Å²) in [6, 6.07) is 6.76. The number of nitrogens with zero attached hydrogens (tertiary/aromatic N) is 2. The van der Waals surface area contributed by atoms with Crippen molar-refractivity contribution in [3.63, 3.8) is 0 Å². The number of rotatable bonds is 3. The smallest absolute Gasteiger partial charge is 0.290 e. The molecule has 2 fully saturated rings. The molecule has 1 atom stereocenters. The number of hydrogen-bond donors (Lipinski definition) is 1. The summed E-state index contributed by atoms with van der Waals surface area (Å²) in [5.41, 5.74) is 3.31. The average molecular weight is 331 g/mol. The van der Waals surface area contributed by atoms with Gasteiger partial charge < -0.3 is 9.80 Å². The molecule has 0 radical (unpaired) electrons. The van der Waals surface area contributed by atoms with Gasteiger partial charge in [-0.3, -0.25) is 14.9 Å². The standard InChI is InChI=1S/C17H21N3O2S/c1-11-4-5-12(9-15-16(21)18-17(22)23-15)14(8-11)20-7-6-13(10-20)19(2)3/h4-5,8-9,13H,6-7,10H2,1-3H3,(H,18,21,22)/b15-9-/t13-/m0/s1. The molecular weight excluding hydrogens is 310 g/mol. The van der Waals surface area contributed by atoms with Crippen molar-refractivity contribution in [3.8, 4) is 0 Å². The van der Waals surface area contributed by atoms with Gasteiger partial charge in [-0.25, -0.2) is 0 Å². The Labute approximate surface area is 140 Å². The van der Waals surface area contributed by atoms with E-state index in [-0.39, 0.29) is 11.1 Å². The molecule has 2 aliphatic rings. The summed E-state index contributed by atoms with van der Waals surface area (Å²) in [5.74, 6) is -0.306. The van der Waals surface area contributed by atoms with E-state index in [1.807, 2.05) is 18.2 Å². The summed E-state index contributed by atoms with van der Waals surface area (Å²) in [5, 5.41) is 2.00. The van der Waals surface area contributed by atoms with Crippen LogP contribution in [0.15, 0.2) is 23.1 Å². The van der Waals surface area contributed by atoms with E-state index in [2.05, 4.69) is 42.2 Å². The van der Waals surface area contributed by atoms with Crippen LogP contribution in [0, 0.1) is 6.92 Å². The number of hydrogen-bond acceptors (Lipinski definition) is 5. The maximum absolute atomic E-state index is 11.8. The number of carbonyl (C=O) groups is 2. The molecular formula is C17H21N3O2S. The predicted octanol–water partition coefficient (Wildman–Crippen LogP) is 2.46. The zero-order chi connectivity index (χ0) is 16.6. The molecule has 1 aromatic rings. The molecule has 23 heavy (non-hydrogen) atoms. The van der Waals surface area contributed by atoms with Crippen molar-refractivity contribution in [1.82, 2.24) is 10.2 Å². The Morgan fingerprint density at radius 3 is 2.74 bits per heavy atom. The molecule has 0 spiro atoms. The van der Waals surface area contributed by atoms with Gasteiger partial charge in [-0.15, -0.1) is 0 Å². The van der Waals surface area contributed by atoms with Crippen molar-refractivity contribution >= 4 is 34.7 Å². The zero-order valence-electron chi connectivity index (χ0n) is 13.6. The molecule has 1 aromatic carbocycles. The van der Waals surface area contributed by atoms with Crippen LogP contribution >= 0.6 is 11.8 Å². The lowest BCUT2D eigenvalue weighted by Gasteiger charge is -2.24. The summed E-state index contributed by atoms with van der Waals surface area (Å²) in [6.07, 6.45) is 2.95. The molecule has 6 heteroatoms. The van der Waals surface area contributed by atoms with Gasteiger partial charge in [0.2, 0.25) is 0 Å². The van der Waals surface area contributed by atoms with Crippen molar-refractivity contribution in [2.45, 2.75) is 19.4 Å². The summed E-state index contributed by atoms with van der Waals surface area (Å²) in [7, 11) is 4.22. The second-order valence-corrected chi connectivity index (χ2v) is 7.28. The monoisotopic (exact) mass is 331 g/mol. The van der Waals surface area contributed by atoms with Crippen molar-refractivity contribution in [2.75, 3.05) is 32.1 Å². The van der Waals surface area contributed by atoms with Gasteiger partial charge in [0.25, 0.3) is 11.1 Å². The molecule has 5 nitrogen and oxygen atoms in total. The van der Waals surface area contributed by atoms with E-state index in [1.165, 1.54) is 5.56 Å². The maximum Gasteiger partial charge on any atom is 0.290 e. The molecule has 2 heterocycles. The van der Waals surface area contributed by atoms with Crippen LogP contribution in [0.4, 0.5) is 10.5 Å². The molecule has 0 unspecified atom stereocenters. The second-order valence-electron chi connectivity index (χ2n) is 6.27. The van der Waals surface area contributed by atoms with Crippen molar-refractivity contribution in [2.24, 2.45) is 0 Å². The van der Waals surface area contributed by atoms with Gasteiger partial charge >= 0.3 is 0 Å². The fourth-order valence-electron chi connectivity index (χ4n) is 2.99. The van der Waals surface area contributed by atoms with E-state index in [0.717, 1.165) is 42.5 Å². The molecule has 3 rings (SSSR count). The van der Waals surface area contributed by atoms with Crippen LogP contribution in [-0.2, 0) is 4.79 Å². The van der Waals surface area contributed by atoms with E-state index in [9.17, 15) is 9.59 Å². The number of carbonyl (C=O) groups excluding carboxylic acids is 2. The molecule has 0 saturated carbocycles. The minimum Gasteiger partial charge on any atom is -0.369 e. The minimum absolute atomic E-state index is 0.302. The Morgan fingerprint density at radius 2 is 2.13 bits per heavy atom. The molecule has 122 valence electrons. The summed E-state index contributed by atoms with van der Waals surface area (Å²) in [4.78, 5) is 28.2. The van der Waals surface area contributed by atoms with Crippen molar-refractivity contribution in [1.29, 1.82) is 0 Å². The van der Waals surface area contributed by atoms with Crippen LogP contribution in [0.2, 0.25) is 0 Å². The lowest BCUT2D eigenvalue weighted by atomic mass is 10.1. The Hall–Kier alpha value is -1.79. The third kappa shape index (κ3) is 3.43. The van der Waals surface area contributed by atoms with E-state index >= 15 is 0 Å². The zero-order valence-corrected chi connectivity index (χ0v) is 14.4. The second kappa shape index (κ2) is 6.37. The maximum atomic E-state index is 11.8. The van der Waals surface area contributed by atoms with Gasteiger partial charge in [0.15, 0.2) is 0 Å². The Bertz CT molecular complexity index is 684. The molecule has 0 aliphatic carbocycles. The summed E-state index contributed by atoms with van der Waals surface area (Å²) < 4.78 is 0. The first-order chi connectivity index (χ1) is 10.9. The number of aryl methyl sites for hydroxylation is 1. The van der Waals surface area contributed by atoms with Crippen LogP contribution < -0.4 is 10.2 Å². The van der Waals surface area contributed by atoms with Crippen molar-refractivity contribution in [3.05, 3.63) is 34.2 Å². The minimum atomic E-state index is -0.306. The van der Waals surface area contributed by atoms with Crippen LogP contribution in [0.5, 0.6) is 0 Å². The summed E-state index contributed by atoms with van der Waals surface area (Å²) >= 11 is 0.964. The van der Waals surface area contributed by atoms with Gasteiger partial charge in [-0.1, -0.05) is 12.1 Å². The van der Waals surface area contributed by atoms with Crippen molar-refractivity contribution < 1.29 is 9.59 Å².